The van der Waals surface area contributed by atoms with Crippen molar-refractivity contribution < 1.29 is 17.9 Å². The Morgan fingerprint density at radius 2 is 1.93 bits per heavy atom. The first-order valence-electron chi connectivity index (χ1n) is 10.4. The third kappa shape index (κ3) is 5.40. The SMILES string of the molecule is COc1ccc(C(=O)NCCCc2cnn(C)c2)cc1S(=O)(=O)N1CCCCCC1. The topological polar surface area (TPSA) is 93.5 Å². The summed E-state index contributed by atoms with van der Waals surface area (Å²) < 4.78 is 35.0. The number of nitrogens with one attached hydrogen (secondary N) is 1. The van der Waals surface area contributed by atoms with E-state index in [-0.39, 0.29) is 16.6 Å². The molecule has 0 unspecified atom stereocenters. The van der Waals surface area contributed by atoms with E-state index in [0.717, 1.165) is 44.1 Å². The van der Waals surface area contributed by atoms with Gasteiger partial charge in [-0.3, -0.25) is 9.48 Å². The lowest BCUT2D eigenvalue weighted by molar-refractivity contribution is 0.0953. The van der Waals surface area contributed by atoms with E-state index < -0.39 is 10.0 Å². The minimum atomic E-state index is -3.72. The first kappa shape index (κ1) is 22.3. The number of nitrogens with zero attached hydrogens (tertiary/aromatic N) is 3. The van der Waals surface area contributed by atoms with Gasteiger partial charge in [-0.05, 0) is 49.4 Å². The fraction of sp³-hybridized carbons (Fsp3) is 0.524. The predicted octanol–water partition coefficient (Wildman–Crippen LogP) is 2.36. The smallest absolute Gasteiger partial charge is 0.251 e. The normalized spacial score (nSPS) is 15.5. The number of amides is 1. The Balaban J connectivity index is 1.69. The maximum absolute atomic E-state index is 13.2. The van der Waals surface area contributed by atoms with Crippen LogP contribution in [0.5, 0.6) is 5.75 Å². The molecule has 164 valence electrons. The summed E-state index contributed by atoms with van der Waals surface area (Å²) in [6.45, 7) is 1.49. The monoisotopic (exact) mass is 434 g/mol. The lowest BCUT2D eigenvalue weighted by Crippen LogP contribution is -2.32. The van der Waals surface area contributed by atoms with Gasteiger partial charge in [0.1, 0.15) is 10.6 Å². The van der Waals surface area contributed by atoms with Crippen LogP contribution in [-0.2, 0) is 23.5 Å². The highest BCUT2D eigenvalue weighted by Gasteiger charge is 2.29. The zero-order valence-corrected chi connectivity index (χ0v) is 18.5. The Kier molecular flexibility index (Phi) is 7.49. The highest BCUT2D eigenvalue weighted by Crippen LogP contribution is 2.29. The molecule has 1 aliphatic rings. The summed E-state index contributed by atoms with van der Waals surface area (Å²) in [4.78, 5) is 12.6. The van der Waals surface area contributed by atoms with Crippen molar-refractivity contribution in [2.24, 2.45) is 7.05 Å². The van der Waals surface area contributed by atoms with Gasteiger partial charge in [-0.2, -0.15) is 9.40 Å². The maximum Gasteiger partial charge on any atom is 0.251 e. The number of hydrogen-bond acceptors (Lipinski definition) is 5. The molecule has 2 heterocycles. The van der Waals surface area contributed by atoms with Gasteiger partial charge >= 0.3 is 0 Å². The molecule has 1 aromatic heterocycles. The number of rotatable bonds is 8. The number of aromatic nitrogens is 2. The second-order valence-corrected chi connectivity index (χ2v) is 9.47. The van der Waals surface area contributed by atoms with Crippen molar-refractivity contribution in [1.29, 1.82) is 0 Å². The molecule has 0 atom stereocenters. The highest BCUT2D eigenvalue weighted by molar-refractivity contribution is 7.89. The van der Waals surface area contributed by atoms with Crippen molar-refractivity contribution in [2.75, 3.05) is 26.7 Å². The van der Waals surface area contributed by atoms with E-state index in [1.54, 1.807) is 16.8 Å². The third-order valence-corrected chi connectivity index (χ3v) is 7.21. The molecule has 30 heavy (non-hydrogen) atoms. The van der Waals surface area contributed by atoms with Crippen LogP contribution in [0.25, 0.3) is 0 Å². The van der Waals surface area contributed by atoms with Crippen LogP contribution in [0.3, 0.4) is 0 Å². The summed E-state index contributed by atoms with van der Waals surface area (Å²) >= 11 is 0. The largest absolute Gasteiger partial charge is 0.495 e. The van der Waals surface area contributed by atoms with Gasteiger partial charge in [-0.25, -0.2) is 8.42 Å². The predicted molar refractivity (Wildman–Crippen MR) is 114 cm³/mol. The Bertz CT molecular complexity index is 963. The number of hydrogen-bond donors (Lipinski definition) is 1. The van der Waals surface area contributed by atoms with Crippen LogP contribution in [0.4, 0.5) is 0 Å². The van der Waals surface area contributed by atoms with Crippen LogP contribution in [0.2, 0.25) is 0 Å². The van der Waals surface area contributed by atoms with Crippen molar-refractivity contribution in [3.8, 4) is 5.75 Å². The molecule has 1 N–H and O–H groups in total. The minimum Gasteiger partial charge on any atom is -0.495 e. The van der Waals surface area contributed by atoms with Crippen LogP contribution in [0, 0.1) is 0 Å². The van der Waals surface area contributed by atoms with Crippen molar-refractivity contribution in [3.05, 3.63) is 41.7 Å². The molecule has 1 aromatic carbocycles. The Morgan fingerprint density at radius 3 is 2.57 bits per heavy atom. The molecule has 2 aromatic rings. The molecule has 0 radical (unpaired) electrons. The van der Waals surface area contributed by atoms with Crippen LogP contribution < -0.4 is 10.1 Å². The van der Waals surface area contributed by atoms with Gasteiger partial charge < -0.3 is 10.1 Å². The maximum atomic E-state index is 13.2. The van der Waals surface area contributed by atoms with Gasteiger partial charge in [0.05, 0.1) is 13.3 Å². The zero-order valence-electron chi connectivity index (χ0n) is 17.6. The molecule has 9 heteroatoms. The lowest BCUT2D eigenvalue weighted by Gasteiger charge is -2.21. The number of aryl methyl sites for hydroxylation is 2. The van der Waals surface area contributed by atoms with Gasteiger partial charge in [0.2, 0.25) is 10.0 Å². The molecule has 0 bridgehead atoms. The van der Waals surface area contributed by atoms with Crippen molar-refractivity contribution in [3.63, 3.8) is 0 Å². The summed E-state index contributed by atoms with van der Waals surface area (Å²) in [6, 6.07) is 4.57. The van der Waals surface area contributed by atoms with E-state index in [4.69, 9.17) is 4.74 Å². The molecule has 0 spiro atoms. The summed E-state index contributed by atoms with van der Waals surface area (Å²) in [7, 11) is -0.417. The van der Waals surface area contributed by atoms with Gasteiger partial charge in [0.25, 0.3) is 5.91 Å². The van der Waals surface area contributed by atoms with Gasteiger partial charge in [-0.1, -0.05) is 12.8 Å². The van der Waals surface area contributed by atoms with E-state index in [1.807, 2.05) is 19.4 Å². The average Bonchev–Trinajstić information content (AvgIpc) is 2.97. The Labute approximate surface area is 178 Å². The molecule has 1 aliphatic heterocycles. The summed E-state index contributed by atoms with van der Waals surface area (Å²) in [5.74, 6) is -0.0384. The molecule has 0 saturated carbocycles. The van der Waals surface area contributed by atoms with Crippen LogP contribution in [0.1, 0.15) is 48.0 Å². The summed E-state index contributed by atoms with van der Waals surface area (Å²) in [5.41, 5.74) is 1.42. The average molecular weight is 435 g/mol. The molecule has 0 aliphatic carbocycles. The number of benzene rings is 1. The first-order valence-corrected chi connectivity index (χ1v) is 11.8. The number of methoxy groups -OCH3 is 1. The number of carbonyl (C=O) groups is 1. The number of sulfonamides is 1. The molecule has 1 amide bonds. The van der Waals surface area contributed by atoms with Gasteiger partial charge in [-0.15, -0.1) is 0 Å². The first-order chi connectivity index (χ1) is 14.4. The molecule has 8 nitrogen and oxygen atoms in total. The summed E-state index contributed by atoms with van der Waals surface area (Å²) in [5, 5.41) is 6.99. The Morgan fingerprint density at radius 1 is 1.20 bits per heavy atom. The van der Waals surface area contributed by atoms with Gasteiger partial charge in [0.15, 0.2) is 0 Å². The van der Waals surface area contributed by atoms with Crippen LogP contribution in [-0.4, -0.2) is 55.2 Å². The molecular formula is C21H30N4O4S. The second kappa shape index (κ2) is 10.1. The van der Waals surface area contributed by atoms with E-state index >= 15 is 0 Å². The van der Waals surface area contributed by atoms with Crippen molar-refractivity contribution in [1.82, 2.24) is 19.4 Å². The zero-order chi connectivity index (χ0) is 21.6. The van der Waals surface area contributed by atoms with Crippen molar-refractivity contribution >= 4 is 15.9 Å². The molecular weight excluding hydrogens is 404 g/mol. The highest BCUT2D eigenvalue weighted by atomic mass is 32.2. The number of ether oxygens (including phenoxy) is 1. The quantitative estimate of drug-likeness (QED) is 0.644. The van der Waals surface area contributed by atoms with E-state index in [0.29, 0.717) is 25.2 Å². The second-order valence-electron chi connectivity index (χ2n) is 7.57. The van der Waals surface area contributed by atoms with E-state index in [2.05, 4.69) is 10.4 Å². The van der Waals surface area contributed by atoms with Crippen LogP contribution in [0.15, 0.2) is 35.5 Å². The van der Waals surface area contributed by atoms with E-state index in [9.17, 15) is 13.2 Å². The minimum absolute atomic E-state index is 0.0508. The number of carbonyl (C=O) groups excluding carboxylic acids is 1. The fourth-order valence-corrected chi connectivity index (χ4v) is 5.34. The fourth-order valence-electron chi connectivity index (χ4n) is 3.64. The lowest BCUT2D eigenvalue weighted by atomic mass is 10.2. The van der Waals surface area contributed by atoms with Crippen LogP contribution >= 0.6 is 0 Å². The third-order valence-electron chi connectivity index (χ3n) is 5.29. The molecule has 1 saturated heterocycles. The Hall–Kier alpha value is -2.39. The summed E-state index contributed by atoms with van der Waals surface area (Å²) in [6.07, 6.45) is 9.10. The standard InChI is InChI=1S/C21H30N4O4S/c1-24-16-17(15-23-24)8-7-11-22-21(26)18-9-10-19(29-2)20(14-18)30(27,28)25-12-5-3-4-6-13-25/h9-10,14-16H,3-8,11-13H2,1-2H3,(H,22,26). The van der Waals surface area contributed by atoms with E-state index in [1.165, 1.54) is 17.5 Å². The molecule has 1 fully saturated rings. The van der Waals surface area contributed by atoms with Gasteiger partial charge in [0, 0.05) is 38.4 Å². The van der Waals surface area contributed by atoms with Crippen molar-refractivity contribution in [2.45, 2.75) is 43.4 Å². The molecule has 3 rings (SSSR count).